The van der Waals surface area contributed by atoms with Crippen molar-refractivity contribution < 1.29 is 13.2 Å². The van der Waals surface area contributed by atoms with Crippen LogP contribution in [0.2, 0.25) is 0 Å². The Hall–Kier alpha value is -2.06. The number of anilines is 3. The Bertz CT molecular complexity index is 816. The van der Waals surface area contributed by atoms with Crippen molar-refractivity contribution >= 4 is 44.5 Å². The molecule has 1 aliphatic heterocycles. The lowest BCUT2D eigenvalue weighted by molar-refractivity contribution is -0.115. The minimum atomic E-state index is -3.49. The van der Waals surface area contributed by atoms with Gasteiger partial charge >= 0.3 is 10.2 Å². The van der Waals surface area contributed by atoms with Crippen LogP contribution in [0.25, 0.3) is 0 Å². The SMILES string of the molecule is CN1c2ccc(NC(=O)Cc3cccs3)cc2N(C)S1(=O)=O. The molecule has 1 aromatic carbocycles. The third-order valence-corrected chi connectivity index (χ3v) is 6.20. The van der Waals surface area contributed by atoms with Gasteiger partial charge in [0.2, 0.25) is 5.91 Å². The van der Waals surface area contributed by atoms with E-state index in [1.54, 1.807) is 18.2 Å². The van der Waals surface area contributed by atoms with E-state index in [0.717, 1.165) is 4.88 Å². The van der Waals surface area contributed by atoms with E-state index in [4.69, 9.17) is 0 Å². The van der Waals surface area contributed by atoms with Crippen LogP contribution in [0.3, 0.4) is 0 Å². The van der Waals surface area contributed by atoms with E-state index in [1.165, 1.54) is 34.0 Å². The number of hydrogen-bond donors (Lipinski definition) is 1. The fourth-order valence-corrected chi connectivity index (χ4v) is 4.20. The number of nitrogens with zero attached hydrogens (tertiary/aromatic N) is 2. The molecule has 0 fully saturated rings. The summed E-state index contributed by atoms with van der Waals surface area (Å²) in [4.78, 5) is 13.0. The predicted octanol–water partition coefficient (Wildman–Crippen LogP) is 2.06. The number of nitrogens with one attached hydrogen (secondary N) is 1. The van der Waals surface area contributed by atoms with Gasteiger partial charge in [-0.1, -0.05) is 6.07 Å². The maximum absolute atomic E-state index is 12.1. The topological polar surface area (TPSA) is 69.7 Å². The first-order valence-electron chi connectivity index (χ1n) is 6.58. The van der Waals surface area contributed by atoms with E-state index >= 15 is 0 Å². The van der Waals surface area contributed by atoms with Crippen LogP contribution in [0.4, 0.5) is 17.1 Å². The zero-order valence-corrected chi connectivity index (χ0v) is 13.7. The normalized spacial score (nSPS) is 15.7. The van der Waals surface area contributed by atoms with Gasteiger partial charge in [0.15, 0.2) is 0 Å². The zero-order valence-electron chi connectivity index (χ0n) is 12.1. The number of hydrogen-bond acceptors (Lipinski definition) is 4. The van der Waals surface area contributed by atoms with Gasteiger partial charge in [-0.2, -0.15) is 8.42 Å². The van der Waals surface area contributed by atoms with Crippen molar-refractivity contribution in [2.75, 3.05) is 28.0 Å². The molecular weight excluding hydrogens is 322 g/mol. The lowest BCUT2D eigenvalue weighted by Crippen LogP contribution is -2.32. The molecule has 0 radical (unpaired) electrons. The van der Waals surface area contributed by atoms with Gasteiger partial charge in [0.1, 0.15) is 0 Å². The summed E-state index contributed by atoms with van der Waals surface area (Å²) < 4.78 is 26.5. The highest BCUT2D eigenvalue weighted by Gasteiger charge is 2.35. The molecule has 6 nitrogen and oxygen atoms in total. The van der Waals surface area contributed by atoms with Crippen molar-refractivity contribution in [3.8, 4) is 0 Å². The number of fused-ring (bicyclic) bond motifs is 1. The highest BCUT2D eigenvalue weighted by Crippen LogP contribution is 2.40. The largest absolute Gasteiger partial charge is 0.326 e. The Morgan fingerprint density at radius 1 is 1.18 bits per heavy atom. The molecule has 1 aromatic heterocycles. The molecule has 1 amide bonds. The molecular formula is C14H15N3O3S2. The predicted molar refractivity (Wildman–Crippen MR) is 88.8 cm³/mol. The second kappa shape index (κ2) is 5.29. The highest BCUT2D eigenvalue weighted by molar-refractivity contribution is 7.94. The first kappa shape index (κ1) is 14.9. The molecule has 2 heterocycles. The standard InChI is InChI=1S/C14H15N3O3S2/c1-16-12-6-5-10(8-13(12)17(2)22(16,19)20)15-14(18)9-11-4-3-7-21-11/h3-8H,9H2,1-2H3,(H,15,18). The lowest BCUT2D eigenvalue weighted by atomic mass is 10.2. The summed E-state index contributed by atoms with van der Waals surface area (Å²) in [7, 11) is -0.492. The van der Waals surface area contributed by atoms with Crippen LogP contribution in [-0.2, 0) is 21.4 Å². The van der Waals surface area contributed by atoms with Crippen LogP contribution in [-0.4, -0.2) is 28.4 Å². The summed E-state index contributed by atoms with van der Waals surface area (Å²) in [6.07, 6.45) is 0.308. The van der Waals surface area contributed by atoms with Crippen LogP contribution in [0, 0.1) is 0 Å². The van der Waals surface area contributed by atoms with Crippen molar-refractivity contribution in [2.45, 2.75) is 6.42 Å². The molecule has 0 saturated heterocycles. The lowest BCUT2D eigenvalue weighted by Gasteiger charge is -2.13. The van der Waals surface area contributed by atoms with Crippen molar-refractivity contribution in [3.05, 3.63) is 40.6 Å². The molecule has 0 unspecified atom stereocenters. The minimum Gasteiger partial charge on any atom is -0.326 e. The first-order valence-corrected chi connectivity index (χ1v) is 8.86. The quantitative estimate of drug-likeness (QED) is 0.932. The van der Waals surface area contributed by atoms with Crippen LogP contribution in [0.5, 0.6) is 0 Å². The summed E-state index contributed by atoms with van der Waals surface area (Å²) >= 11 is 1.53. The number of carbonyl (C=O) groups excluding carboxylic acids is 1. The second-order valence-electron chi connectivity index (χ2n) is 4.95. The van der Waals surface area contributed by atoms with Gasteiger partial charge in [-0.3, -0.25) is 13.4 Å². The Morgan fingerprint density at radius 3 is 2.59 bits per heavy atom. The number of rotatable bonds is 3. The number of amides is 1. The maximum Gasteiger partial charge on any atom is 0.326 e. The molecule has 0 atom stereocenters. The average Bonchev–Trinajstić information content (AvgIpc) is 3.02. The zero-order chi connectivity index (χ0) is 15.9. The summed E-state index contributed by atoms with van der Waals surface area (Å²) in [5.74, 6) is -0.126. The third kappa shape index (κ3) is 2.44. The van der Waals surface area contributed by atoms with E-state index in [-0.39, 0.29) is 5.91 Å². The van der Waals surface area contributed by atoms with Crippen molar-refractivity contribution in [2.24, 2.45) is 0 Å². The monoisotopic (exact) mass is 337 g/mol. The molecule has 8 heteroatoms. The molecule has 1 N–H and O–H groups in total. The molecule has 116 valence electrons. The van der Waals surface area contributed by atoms with Crippen LogP contribution in [0.15, 0.2) is 35.7 Å². The van der Waals surface area contributed by atoms with Gasteiger partial charge < -0.3 is 5.32 Å². The molecule has 22 heavy (non-hydrogen) atoms. The number of benzene rings is 1. The van der Waals surface area contributed by atoms with Gasteiger partial charge in [0.05, 0.1) is 17.8 Å². The number of thiophene rings is 1. The van der Waals surface area contributed by atoms with Crippen molar-refractivity contribution in [1.82, 2.24) is 0 Å². The van der Waals surface area contributed by atoms with Gasteiger partial charge in [0, 0.05) is 24.7 Å². The molecule has 0 saturated carbocycles. The van der Waals surface area contributed by atoms with Gasteiger partial charge in [-0.15, -0.1) is 11.3 Å². The Balaban J connectivity index is 1.81. The van der Waals surface area contributed by atoms with E-state index in [0.29, 0.717) is 23.5 Å². The highest BCUT2D eigenvalue weighted by atomic mass is 32.2. The molecule has 0 bridgehead atoms. The van der Waals surface area contributed by atoms with Gasteiger partial charge in [-0.25, -0.2) is 0 Å². The molecule has 3 rings (SSSR count). The van der Waals surface area contributed by atoms with E-state index in [1.807, 2.05) is 17.5 Å². The molecule has 2 aromatic rings. The van der Waals surface area contributed by atoms with Gasteiger partial charge in [-0.05, 0) is 29.6 Å². The summed E-state index contributed by atoms with van der Waals surface area (Å²) in [6, 6.07) is 8.87. The first-order chi connectivity index (χ1) is 10.4. The summed E-state index contributed by atoms with van der Waals surface area (Å²) in [5, 5.41) is 4.72. The van der Waals surface area contributed by atoms with Crippen molar-refractivity contribution in [3.63, 3.8) is 0 Å². The van der Waals surface area contributed by atoms with Gasteiger partial charge in [0.25, 0.3) is 0 Å². The smallest absolute Gasteiger partial charge is 0.326 e. The van der Waals surface area contributed by atoms with Crippen LogP contribution >= 0.6 is 11.3 Å². The molecule has 1 aliphatic rings. The van der Waals surface area contributed by atoms with Crippen LogP contribution in [0.1, 0.15) is 4.88 Å². The Kier molecular flexibility index (Phi) is 3.57. The maximum atomic E-state index is 12.1. The number of carbonyl (C=O) groups is 1. The summed E-state index contributed by atoms with van der Waals surface area (Å²) in [5.41, 5.74) is 1.73. The third-order valence-electron chi connectivity index (χ3n) is 3.54. The Labute approximate surface area is 133 Å². The summed E-state index contributed by atoms with van der Waals surface area (Å²) in [6.45, 7) is 0. The fraction of sp³-hybridized carbons (Fsp3) is 0.214. The van der Waals surface area contributed by atoms with Crippen LogP contribution < -0.4 is 13.9 Å². The second-order valence-corrected chi connectivity index (χ2v) is 7.97. The minimum absolute atomic E-state index is 0.126. The fourth-order valence-electron chi connectivity index (χ4n) is 2.33. The van der Waals surface area contributed by atoms with E-state index in [9.17, 15) is 13.2 Å². The van der Waals surface area contributed by atoms with E-state index < -0.39 is 10.2 Å². The van der Waals surface area contributed by atoms with Crippen molar-refractivity contribution in [1.29, 1.82) is 0 Å². The van der Waals surface area contributed by atoms with E-state index in [2.05, 4.69) is 5.32 Å². The molecule has 0 aliphatic carbocycles. The average molecular weight is 337 g/mol. The molecule has 0 spiro atoms. The Morgan fingerprint density at radius 2 is 1.91 bits per heavy atom.